The van der Waals surface area contributed by atoms with E-state index in [0.29, 0.717) is 5.02 Å². The molecule has 0 spiro atoms. The number of ether oxygens (including phenoxy) is 1. The van der Waals surface area contributed by atoms with Crippen molar-refractivity contribution in [2.75, 3.05) is 20.2 Å². The number of halogens is 1. The Labute approximate surface area is 112 Å². The predicted molar refractivity (Wildman–Crippen MR) is 69.3 cm³/mol. The van der Waals surface area contributed by atoms with Crippen LogP contribution in [0.3, 0.4) is 0 Å². The lowest BCUT2D eigenvalue weighted by atomic mass is 9.98. The minimum Gasteiger partial charge on any atom is -0.469 e. The van der Waals surface area contributed by atoms with E-state index in [9.17, 15) is 4.79 Å². The molecule has 0 aromatic carbocycles. The van der Waals surface area contributed by atoms with E-state index in [-0.39, 0.29) is 11.9 Å². The largest absolute Gasteiger partial charge is 0.469 e. The normalized spacial score (nSPS) is 20.7. The van der Waals surface area contributed by atoms with Crippen LogP contribution in [0.25, 0.3) is 0 Å². The van der Waals surface area contributed by atoms with E-state index in [4.69, 9.17) is 16.3 Å². The predicted octanol–water partition coefficient (Wildman–Crippen LogP) is 2.12. The minimum atomic E-state index is -0.111. The molecule has 0 bridgehead atoms. The summed E-state index contributed by atoms with van der Waals surface area (Å²) in [4.78, 5) is 17.8. The van der Waals surface area contributed by atoms with Crippen molar-refractivity contribution in [2.24, 2.45) is 5.92 Å². The summed E-state index contributed by atoms with van der Waals surface area (Å²) in [6.07, 6.45) is 5.32. The van der Waals surface area contributed by atoms with Crippen LogP contribution in [0.5, 0.6) is 0 Å². The maximum atomic E-state index is 11.5. The average molecular weight is 269 g/mol. The van der Waals surface area contributed by atoms with Gasteiger partial charge in [0.1, 0.15) is 0 Å². The SMILES string of the molecule is COC(=O)[C@H]1CCCN(Cc2ccncc2Cl)C1. The maximum absolute atomic E-state index is 11.5. The van der Waals surface area contributed by atoms with E-state index < -0.39 is 0 Å². The van der Waals surface area contributed by atoms with Gasteiger partial charge in [-0.3, -0.25) is 14.7 Å². The number of rotatable bonds is 3. The molecular formula is C13H17ClN2O2. The van der Waals surface area contributed by atoms with Gasteiger partial charge < -0.3 is 4.74 Å². The molecule has 0 amide bonds. The molecule has 0 unspecified atom stereocenters. The fraction of sp³-hybridized carbons (Fsp3) is 0.538. The fourth-order valence-electron chi connectivity index (χ4n) is 2.33. The highest BCUT2D eigenvalue weighted by Crippen LogP contribution is 2.22. The Morgan fingerprint density at radius 1 is 1.67 bits per heavy atom. The lowest BCUT2D eigenvalue weighted by molar-refractivity contribution is -0.147. The third kappa shape index (κ3) is 3.21. The third-order valence-corrected chi connectivity index (χ3v) is 3.63. The van der Waals surface area contributed by atoms with Gasteiger partial charge in [0.2, 0.25) is 0 Å². The summed E-state index contributed by atoms with van der Waals surface area (Å²) in [7, 11) is 1.45. The van der Waals surface area contributed by atoms with Crippen molar-refractivity contribution in [1.29, 1.82) is 0 Å². The van der Waals surface area contributed by atoms with Crippen LogP contribution in [0.15, 0.2) is 18.5 Å². The van der Waals surface area contributed by atoms with E-state index >= 15 is 0 Å². The van der Waals surface area contributed by atoms with Gasteiger partial charge in [-0.15, -0.1) is 0 Å². The molecule has 2 rings (SSSR count). The molecule has 2 heterocycles. The van der Waals surface area contributed by atoms with Crippen LogP contribution in [0.1, 0.15) is 18.4 Å². The molecule has 1 saturated heterocycles. The molecule has 1 fully saturated rings. The lowest BCUT2D eigenvalue weighted by Gasteiger charge is -2.31. The van der Waals surface area contributed by atoms with E-state index in [1.165, 1.54) is 7.11 Å². The first-order valence-electron chi connectivity index (χ1n) is 6.09. The minimum absolute atomic E-state index is 0.00985. The van der Waals surface area contributed by atoms with Crippen LogP contribution in [0.4, 0.5) is 0 Å². The summed E-state index contributed by atoms with van der Waals surface area (Å²) in [5.41, 5.74) is 1.05. The summed E-state index contributed by atoms with van der Waals surface area (Å²) >= 11 is 6.09. The van der Waals surface area contributed by atoms with Crippen molar-refractivity contribution in [3.05, 3.63) is 29.0 Å². The van der Waals surface area contributed by atoms with Gasteiger partial charge in [-0.1, -0.05) is 11.6 Å². The van der Waals surface area contributed by atoms with Gasteiger partial charge in [-0.2, -0.15) is 0 Å². The number of esters is 1. The Kier molecular flexibility index (Phi) is 4.55. The number of likely N-dealkylation sites (tertiary alicyclic amines) is 1. The molecule has 98 valence electrons. The van der Waals surface area contributed by atoms with Gasteiger partial charge in [0.25, 0.3) is 0 Å². The molecule has 0 N–H and O–H groups in total. The van der Waals surface area contributed by atoms with E-state index in [0.717, 1.165) is 38.0 Å². The highest BCUT2D eigenvalue weighted by Gasteiger charge is 2.26. The van der Waals surface area contributed by atoms with Gasteiger partial charge in [0.15, 0.2) is 0 Å². The molecule has 1 atom stereocenters. The number of aromatic nitrogens is 1. The highest BCUT2D eigenvalue weighted by molar-refractivity contribution is 6.31. The van der Waals surface area contributed by atoms with Crippen molar-refractivity contribution in [1.82, 2.24) is 9.88 Å². The number of carbonyl (C=O) groups is 1. The van der Waals surface area contributed by atoms with Crippen LogP contribution in [0.2, 0.25) is 5.02 Å². The Morgan fingerprint density at radius 3 is 3.22 bits per heavy atom. The van der Waals surface area contributed by atoms with Crippen LogP contribution in [0, 0.1) is 5.92 Å². The molecular weight excluding hydrogens is 252 g/mol. The van der Waals surface area contributed by atoms with Gasteiger partial charge in [-0.25, -0.2) is 0 Å². The molecule has 1 aromatic heterocycles. The van der Waals surface area contributed by atoms with Gasteiger partial charge >= 0.3 is 5.97 Å². The third-order valence-electron chi connectivity index (χ3n) is 3.29. The summed E-state index contributed by atoms with van der Waals surface area (Å²) < 4.78 is 4.81. The van der Waals surface area contributed by atoms with Crippen molar-refractivity contribution >= 4 is 17.6 Å². The van der Waals surface area contributed by atoms with E-state index in [1.54, 1.807) is 12.4 Å². The lowest BCUT2D eigenvalue weighted by Crippen LogP contribution is -2.38. The summed E-state index contributed by atoms with van der Waals surface area (Å²) in [6, 6.07) is 1.92. The van der Waals surface area contributed by atoms with Gasteiger partial charge in [-0.05, 0) is 31.0 Å². The van der Waals surface area contributed by atoms with Crippen LogP contribution >= 0.6 is 11.6 Å². The number of pyridine rings is 1. The molecule has 0 radical (unpaired) electrons. The number of hydrogen-bond donors (Lipinski definition) is 0. The number of methoxy groups -OCH3 is 1. The summed E-state index contributed by atoms with van der Waals surface area (Å²) in [5, 5.41) is 0.678. The highest BCUT2D eigenvalue weighted by atomic mass is 35.5. The topological polar surface area (TPSA) is 42.4 Å². The van der Waals surface area contributed by atoms with Crippen LogP contribution in [-0.2, 0) is 16.1 Å². The van der Waals surface area contributed by atoms with Crippen LogP contribution < -0.4 is 0 Å². The average Bonchev–Trinajstić information content (AvgIpc) is 2.41. The zero-order chi connectivity index (χ0) is 13.0. The quantitative estimate of drug-likeness (QED) is 0.788. The first-order chi connectivity index (χ1) is 8.70. The summed E-state index contributed by atoms with van der Waals surface area (Å²) in [6.45, 7) is 2.49. The van der Waals surface area contributed by atoms with Crippen molar-refractivity contribution in [3.63, 3.8) is 0 Å². The standard InChI is InChI=1S/C13H17ClN2O2/c1-18-13(17)11-3-2-6-16(9-11)8-10-4-5-15-7-12(10)14/h4-5,7,11H,2-3,6,8-9H2,1H3/t11-/m0/s1. The van der Waals surface area contributed by atoms with Gasteiger partial charge in [0, 0.05) is 25.5 Å². The second-order valence-corrected chi connectivity index (χ2v) is 4.97. The zero-order valence-electron chi connectivity index (χ0n) is 10.4. The van der Waals surface area contributed by atoms with E-state index in [2.05, 4.69) is 9.88 Å². The molecule has 1 aliphatic heterocycles. The smallest absolute Gasteiger partial charge is 0.309 e. The van der Waals surface area contributed by atoms with Crippen molar-refractivity contribution < 1.29 is 9.53 Å². The van der Waals surface area contributed by atoms with Gasteiger partial charge in [0.05, 0.1) is 18.1 Å². The first-order valence-corrected chi connectivity index (χ1v) is 6.47. The molecule has 4 nitrogen and oxygen atoms in total. The molecule has 5 heteroatoms. The second-order valence-electron chi connectivity index (χ2n) is 4.56. The van der Waals surface area contributed by atoms with E-state index in [1.807, 2.05) is 6.07 Å². The molecule has 18 heavy (non-hydrogen) atoms. The summed E-state index contributed by atoms with van der Waals surface area (Å²) in [5.74, 6) is -0.120. The molecule has 0 aliphatic carbocycles. The number of piperidine rings is 1. The van der Waals surface area contributed by atoms with Crippen molar-refractivity contribution in [2.45, 2.75) is 19.4 Å². The van der Waals surface area contributed by atoms with Crippen molar-refractivity contribution in [3.8, 4) is 0 Å². The second kappa shape index (κ2) is 6.16. The maximum Gasteiger partial charge on any atom is 0.309 e. The Morgan fingerprint density at radius 2 is 2.50 bits per heavy atom. The zero-order valence-corrected chi connectivity index (χ0v) is 11.2. The molecule has 1 aliphatic rings. The Bertz CT molecular complexity index is 425. The Balaban J connectivity index is 1.98. The monoisotopic (exact) mass is 268 g/mol. The number of hydrogen-bond acceptors (Lipinski definition) is 4. The fourth-order valence-corrected chi connectivity index (χ4v) is 2.51. The molecule has 1 aromatic rings. The number of nitrogens with zero attached hydrogens (tertiary/aromatic N) is 2. The number of carbonyl (C=O) groups excluding carboxylic acids is 1. The first kappa shape index (κ1) is 13.3. The molecule has 0 saturated carbocycles. The Hall–Kier alpha value is -1.13. The van der Waals surface area contributed by atoms with Crippen LogP contribution in [-0.4, -0.2) is 36.1 Å².